The molecule has 4 aromatic rings. The molecule has 0 N–H and O–H groups in total. The molecular weight excluding hydrogens is 300 g/mol. The van der Waals surface area contributed by atoms with Gasteiger partial charge in [0.25, 0.3) is 0 Å². The molecule has 2 aromatic heterocycles. The molecule has 4 nitrogen and oxygen atoms in total. The molecule has 0 radical (unpaired) electrons. The second-order valence-corrected chi connectivity index (χ2v) is 5.31. The van der Waals surface area contributed by atoms with Crippen LogP contribution < -0.4 is 5.63 Å². The quantitative estimate of drug-likeness (QED) is 0.498. The van der Waals surface area contributed by atoms with Crippen LogP contribution in [0.4, 0.5) is 0 Å². The van der Waals surface area contributed by atoms with Crippen LogP contribution >= 0.6 is 11.6 Å². The molecule has 0 unspecified atom stereocenters. The van der Waals surface area contributed by atoms with Gasteiger partial charge in [-0.1, -0.05) is 29.8 Å². The molecule has 0 fully saturated rings. The Balaban J connectivity index is 1.96. The number of rotatable bonds is 1. The summed E-state index contributed by atoms with van der Waals surface area (Å²) in [6.07, 6.45) is 1.56. The normalized spacial score (nSPS) is 11.1. The summed E-state index contributed by atoms with van der Waals surface area (Å²) in [7, 11) is 0. The largest absolute Gasteiger partial charge is 0.422 e. The molecule has 0 atom stereocenters. The van der Waals surface area contributed by atoms with Crippen molar-refractivity contribution in [2.45, 2.75) is 0 Å². The summed E-state index contributed by atoms with van der Waals surface area (Å²) in [5.74, 6) is 0. The van der Waals surface area contributed by atoms with Gasteiger partial charge in [0.05, 0.1) is 28.5 Å². The SMILES string of the molecule is O=c1oc2ccccc2cc1-c1cnc2cc(Cl)ccc2n1. The minimum absolute atomic E-state index is 0.392. The highest BCUT2D eigenvalue weighted by molar-refractivity contribution is 6.31. The van der Waals surface area contributed by atoms with Gasteiger partial charge in [0.2, 0.25) is 0 Å². The molecule has 5 heteroatoms. The van der Waals surface area contributed by atoms with Gasteiger partial charge in [0.1, 0.15) is 5.58 Å². The van der Waals surface area contributed by atoms with E-state index in [9.17, 15) is 4.79 Å². The van der Waals surface area contributed by atoms with Crippen LogP contribution in [0.5, 0.6) is 0 Å². The van der Waals surface area contributed by atoms with Crippen LogP contribution in [0.25, 0.3) is 33.3 Å². The third-order valence-corrected chi connectivity index (χ3v) is 3.66. The standard InChI is InChI=1S/C17H9ClN2O2/c18-11-5-6-13-14(8-11)19-9-15(20-13)12-7-10-3-1-2-4-16(10)22-17(12)21/h1-9H. The van der Waals surface area contributed by atoms with Gasteiger partial charge in [-0.15, -0.1) is 0 Å². The van der Waals surface area contributed by atoms with E-state index in [4.69, 9.17) is 16.0 Å². The van der Waals surface area contributed by atoms with Crippen LogP contribution in [0.3, 0.4) is 0 Å². The lowest BCUT2D eigenvalue weighted by Crippen LogP contribution is -2.04. The summed E-state index contributed by atoms with van der Waals surface area (Å²) in [4.78, 5) is 21.0. The maximum atomic E-state index is 12.2. The van der Waals surface area contributed by atoms with Gasteiger partial charge in [0.15, 0.2) is 0 Å². The van der Waals surface area contributed by atoms with Crippen LogP contribution in [-0.4, -0.2) is 9.97 Å². The fourth-order valence-electron chi connectivity index (χ4n) is 2.35. The van der Waals surface area contributed by atoms with Crippen molar-refractivity contribution in [3.63, 3.8) is 0 Å². The number of para-hydroxylation sites is 1. The molecule has 0 saturated carbocycles. The first-order chi connectivity index (χ1) is 10.7. The van der Waals surface area contributed by atoms with Gasteiger partial charge >= 0.3 is 5.63 Å². The Bertz CT molecular complexity index is 1070. The minimum atomic E-state index is -0.429. The molecule has 22 heavy (non-hydrogen) atoms. The van der Waals surface area contributed by atoms with Crippen LogP contribution in [0, 0.1) is 0 Å². The van der Waals surface area contributed by atoms with Crippen molar-refractivity contribution >= 4 is 33.6 Å². The number of benzene rings is 2. The number of hydrogen-bond acceptors (Lipinski definition) is 4. The van der Waals surface area contributed by atoms with Crippen LogP contribution in [0.15, 0.2) is 63.9 Å². The number of aromatic nitrogens is 2. The molecule has 106 valence electrons. The van der Waals surface area contributed by atoms with Crippen LogP contribution in [0.2, 0.25) is 5.02 Å². The monoisotopic (exact) mass is 308 g/mol. The first kappa shape index (κ1) is 13.0. The summed E-state index contributed by atoms with van der Waals surface area (Å²) in [6.45, 7) is 0. The molecule has 0 spiro atoms. The maximum absolute atomic E-state index is 12.2. The zero-order valence-electron chi connectivity index (χ0n) is 11.3. The molecule has 2 heterocycles. The number of hydrogen-bond donors (Lipinski definition) is 0. The van der Waals surface area contributed by atoms with Gasteiger partial charge in [-0.25, -0.2) is 9.78 Å². The maximum Gasteiger partial charge on any atom is 0.345 e. The van der Waals surface area contributed by atoms with E-state index in [2.05, 4.69) is 9.97 Å². The van der Waals surface area contributed by atoms with E-state index >= 15 is 0 Å². The smallest absolute Gasteiger partial charge is 0.345 e. The van der Waals surface area contributed by atoms with Crippen molar-refractivity contribution in [2.75, 3.05) is 0 Å². The van der Waals surface area contributed by atoms with Gasteiger partial charge in [-0.3, -0.25) is 4.98 Å². The Morgan fingerprint density at radius 2 is 1.86 bits per heavy atom. The Labute approximate surface area is 130 Å². The Morgan fingerprint density at radius 1 is 1.00 bits per heavy atom. The first-order valence-corrected chi connectivity index (χ1v) is 7.04. The predicted octanol–water partition coefficient (Wildman–Crippen LogP) is 4.06. The average molecular weight is 309 g/mol. The van der Waals surface area contributed by atoms with Gasteiger partial charge in [-0.05, 0) is 30.3 Å². The number of halogens is 1. The summed E-state index contributed by atoms with van der Waals surface area (Å²) in [5, 5.41) is 1.44. The molecule has 0 bridgehead atoms. The second kappa shape index (κ2) is 4.93. The minimum Gasteiger partial charge on any atom is -0.422 e. The van der Waals surface area contributed by atoms with E-state index in [0.29, 0.717) is 32.9 Å². The van der Waals surface area contributed by atoms with Crippen molar-refractivity contribution in [1.29, 1.82) is 0 Å². The lowest BCUT2D eigenvalue weighted by molar-refractivity contribution is 0.563. The average Bonchev–Trinajstić information content (AvgIpc) is 2.54. The fraction of sp³-hybridized carbons (Fsp3) is 0. The highest BCUT2D eigenvalue weighted by Gasteiger charge is 2.10. The predicted molar refractivity (Wildman–Crippen MR) is 86.0 cm³/mol. The molecule has 0 aliphatic rings. The molecular formula is C17H9ClN2O2. The lowest BCUT2D eigenvalue weighted by atomic mass is 10.1. The summed E-state index contributed by atoms with van der Waals surface area (Å²) in [6, 6.07) is 14.4. The lowest BCUT2D eigenvalue weighted by Gasteiger charge is -2.03. The molecule has 0 saturated heterocycles. The third kappa shape index (κ3) is 2.14. The van der Waals surface area contributed by atoms with Crippen molar-refractivity contribution < 1.29 is 4.42 Å². The van der Waals surface area contributed by atoms with E-state index in [1.54, 1.807) is 36.5 Å². The Morgan fingerprint density at radius 3 is 2.77 bits per heavy atom. The number of nitrogens with zero attached hydrogens (tertiary/aromatic N) is 2. The Hall–Kier alpha value is -2.72. The molecule has 0 aliphatic heterocycles. The van der Waals surface area contributed by atoms with E-state index in [1.165, 1.54) is 0 Å². The van der Waals surface area contributed by atoms with Crippen molar-refractivity contribution in [2.24, 2.45) is 0 Å². The zero-order chi connectivity index (χ0) is 15.1. The van der Waals surface area contributed by atoms with Crippen molar-refractivity contribution in [3.05, 3.63) is 70.2 Å². The topological polar surface area (TPSA) is 56.0 Å². The van der Waals surface area contributed by atoms with Gasteiger partial charge in [0, 0.05) is 10.4 Å². The van der Waals surface area contributed by atoms with Crippen LogP contribution in [-0.2, 0) is 0 Å². The van der Waals surface area contributed by atoms with Crippen molar-refractivity contribution in [3.8, 4) is 11.3 Å². The molecule has 4 rings (SSSR count). The molecule has 0 aliphatic carbocycles. The molecule has 2 aromatic carbocycles. The third-order valence-electron chi connectivity index (χ3n) is 3.42. The van der Waals surface area contributed by atoms with Crippen molar-refractivity contribution in [1.82, 2.24) is 9.97 Å². The van der Waals surface area contributed by atoms with Gasteiger partial charge < -0.3 is 4.42 Å². The second-order valence-electron chi connectivity index (χ2n) is 4.87. The summed E-state index contributed by atoms with van der Waals surface area (Å²) in [5.41, 5.74) is 2.35. The summed E-state index contributed by atoms with van der Waals surface area (Å²) < 4.78 is 5.33. The number of fused-ring (bicyclic) bond motifs is 2. The Kier molecular flexibility index (Phi) is 2.91. The highest BCUT2D eigenvalue weighted by Crippen LogP contribution is 2.22. The van der Waals surface area contributed by atoms with Crippen LogP contribution in [0.1, 0.15) is 0 Å². The first-order valence-electron chi connectivity index (χ1n) is 6.66. The fourth-order valence-corrected chi connectivity index (χ4v) is 2.52. The molecule has 0 amide bonds. The van der Waals surface area contributed by atoms with E-state index in [0.717, 1.165) is 5.39 Å². The zero-order valence-corrected chi connectivity index (χ0v) is 12.0. The van der Waals surface area contributed by atoms with Gasteiger partial charge in [-0.2, -0.15) is 0 Å². The van der Waals surface area contributed by atoms with E-state index in [-0.39, 0.29) is 0 Å². The highest BCUT2D eigenvalue weighted by atomic mass is 35.5. The van der Waals surface area contributed by atoms with E-state index < -0.39 is 5.63 Å². The van der Waals surface area contributed by atoms with E-state index in [1.807, 2.05) is 18.2 Å². The summed E-state index contributed by atoms with van der Waals surface area (Å²) >= 11 is 5.93.